The number of fused-ring (bicyclic) bond motifs is 5. The second-order valence-corrected chi connectivity index (χ2v) is 9.90. The molecule has 36 heavy (non-hydrogen) atoms. The SMILES string of the molecule is CCOC(=O)c1ccc(N2C(=O)C3C(C2=O)C2c4ccccc4C=CN2C3C(=O)c2cccs2)cc1. The fraction of sp³-hybridized carbons (Fsp3) is 0.214. The molecule has 2 saturated heterocycles. The third-order valence-corrected chi connectivity index (χ3v) is 8.02. The third-order valence-electron chi connectivity index (χ3n) is 7.13. The summed E-state index contributed by atoms with van der Waals surface area (Å²) in [6, 6.07) is 16.4. The first-order valence-corrected chi connectivity index (χ1v) is 12.7. The van der Waals surface area contributed by atoms with Gasteiger partial charge in [-0.05, 0) is 59.8 Å². The van der Waals surface area contributed by atoms with Crippen molar-refractivity contribution in [1.29, 1.82) is 0 Å². The number of hydrogen-bond acceptors (Lipinski definition) is 7. The van der Waals surface area contributed by atoms with Gasteiger partial charge in [0, 0.05) is 6.20 Å². The number of anilines is 1. The number of esters is 1. The Hall–Kier alpha value is -4.04. The predicted octanol–water partition coefficient (Wildman–Crippen LogP) is 4.32. The molecule has 6 rings (SSSR count). The molecule has 7 nitrogen and oxygen atoms in total. The number of carbonyl (C=O) groups excluding carboxylic acids is 4. The van der Waals surface area contributed by atoms with Crippen molar-refractivity contribution in [3.8, 4) is 0 Å². The van der Waals surface area contributed by atoms with Crippen LogP contribution in [0.2, 0.25) is 0 Å². The first-order chi connectivity index (χ1) is 17.5. The van der Waals surface area contributed by atoms with E-state index in [0.717, 1.165) is 11.1 Å². The molecule has 0 aliphatic carbocycles. The molecule has 2 aromatic carbocycles. The van der Waals surface area contributed by atoms with E-state index in [4.69, 9.17) is 4.74 Å². The Morgan fingerprint density at radius 3 is 2.42 bits per heavy atom. The van der Waals surface area contributed by atoms with Crippen molar-refractivity contribution < 1.29 is 23.9 Å². The van der Waals surface area contributed by atoms with Crippen molar-refractivity contribution in [1.82, 2.24) is 4.90 Å². The molecule has 2 fully saturated rings. The lowest BCUT2D eigenvalue weighted by molar-refractivity contribution is -0.123. The second kappa shape index (κ2) is 8.57. The highest BCUT2D eigenvalue weighted by Crippen LogP contribution is 2.53. The number of ether oxygens (including phenoxy) is 1. The van der Waals surface area contributed by atoms with E-state index in [2.05, 4.69) is 0 Å². The van der Waals surface area contributed by atoms with E-state index in [1.165, 1.54) is 16.2 Å². The molecule has 180 valence electrons. The number of thiophene rings is 1. The van der Waals surface area contributed by atoms with E-state index in [0.29, 0.717) is 16.1 Å². The standard InChI is InChI=1S/C28H22N2O5S/c1-2-35-28(34)17-9-11-18(12-10-17)30-26(32)21-22(27(30)33)24(25(31)20-8-5-15-36-20)29-14-13-16-6-3-4-7-19(16)23(21)29/h3-15,21-24H,2H2,1H3. The zero-order valence-electron chi connectivity index (χ0n) is 19.4. The lowest BCUT2D eigenvalue weighted by atomic mass is 9.84. The maximum atomic E-state index is 13.9. The third kappa shape index (κ3) is 3.25. The van der Waals surface area contributed by atoms with E-state index in [1.807, 2.05) is 52.9 Å². The lowest BCUT2D eigenvalue weighted by Crippen LogP contribution is -2.44. The van der Waals surface area contributed by atoms with Crippen LogP contribution in [0.5, 0.6) is 0 Å². The molecule has 2 amide bonds. The van der Waals surface area contributed by atoms with Gasteiger partial charge in [0.25, 0.3) is 0 Å². The van der Waals surface area contributed by atoms with Gasteiger partial charge in [-0.3, -0.25) is 14.4 Å². The quantitative estimate of drug-likeness (QED) is 0.296. The maximum absolute atomic E-state index is 13.9. The van der Waals surface area contributed by atoms with Crippen LogP contribution in [0.3, 0.4) is 0 Å². The minimum atomic E-state index is -0.822. The topological polar surface area (TPSA) is 84.0 Å². The molecular formula is C28H22N2O5S. The van der Waals surface area contributed by atoms with Crippen LogP contribution in [0.15, 0.2) is 72.2 Å². The monoisotopic (exact) mass is 498 g/mol. The molecule has 0 bridgehead atoms. The van der Waals surface area contributed by atoms with Crippen molar-refractivity contribution in [2.75, 3.05) is 11.5 Å². The van der Waals surface area contributed by atoms with E-state index in [9.17, 15) is 19.2 Å². The average molecular weight is 499 g/mol. The van der Waals surface area contributed by atoms with E-state index < -0.39 is 35.8 Å². The fourth-order valence-electron chi connectivity index (χ4n) is 5.64. The lowest BCUT2D eigenvalue weighted by Gasteiger charge is -2.35. The van der Waals surface area contributed by atoms with Gasteiger partial charge < -0.3 is 9.64 Å². The van der Waals surface area contributed by atoms with Crippen molar-refractivity contribution >= 4 is 46.7 Å². The minimum absolute atomic E-state index is 0.160. The number of amides is 2. The van der Waals surface area contributed by atoms with Gasteiger partial charge in [-0.15, -0.1) is 11.3 Å². The number of carbonyl (C=O) groups is 4. The number of rotatable bonds is 5. The molecule has 3 aliphatic rings. The summed E-state index contributed by atoms with van der Waals surface area (Å²) in [5.41, 5.74) is 2.61. The summed E-state index contributed by atoms with van der Waals surface area (Å²) in [7, 11) is 0. The van der Waals surface area contributed by atoms with Crippen molar-refractivity contribution in [2.24, 2.45) is 11.8 Å². The molecule has 0 saturated carbocycles. The van der Waals surface area contributed by atoms with Crippen LogP contribution in [-0.4, -0.2) is 41.1 Å². The summed E-state index contributed by atoms with van der Waals surface area (Å²) in [5, 5.41) is 1.83. The fourth-order valence-corrected chi connectivity index (χ4v) is 6.33. The highest BCUT2D eigenvalue weighted by Gasteiger charge is 2.64. The Bertz CT molecular complexity index is 1410. The van der Waals surface area contributed by atoms with Gasteiger partial charge in [0.1, 0.15) is 6.04 Å². The van der Waals surface area contributed by atoms with Gasteiger partial charge >= 0.3 is 5.97 Å². The van der Waals surface area contributed by atoms with Gasteiger partial charge in [-0.2, -0.15) is 0 Å². The highest BCUT2D eigenvalue weighted by atomic mass is 32.1. The minimum Gasteiger partial charge on any atom is -0.462 e. The summed E-state index contributed by atoms with van der Waals surface area (Å²) in [4.78, 5) is 57.1. The molecule has 4 atom stereocenters. The number of Topliss-reactive ketones (excluding diaryl/α,β-unsaturated/α-hetero) is 1. The molecule has 3 aliphatic heterocycles. The molecule has 0 N–H and O–H groups in total. The molecule has 0 spiro atoms. The van der Waals surface area contributed by atoms with Gasteiger partial charge in [0.2, 0.25) is 11.8 Å². The number of nitrogens with zero attached hydrogens (tertiary/aromatic N) is 2. The number of ketones is 1. The zero-order chi connectivity index (χ0) is 25.0. The van der Waals surface area contributed by atoms with Crippen LogP contribution in [0.25, 0.3) is 6.08 Å². The van der Waals surface area contributed by atoms with Crippen molar-refractivity contribution in [3.63, 3.8) is 0 Å². The summed E-state index contributed by atoms with van der Waals surface area (Å²) >= 11 is 1.33. The Morgan fingerprint density at radius 2 is 1.69 bits per heavy atom. The van der Waals surface area contributed by atoms with Crippen LogP contribution in [0.1, 0.15) is 44.1 Å². The molecule has 8 heteroatoms. The van der Waals surface area contributed by atoms with Crippen LogP contribution in [-0.2, 0) is 14.3 Å². The van der Waals surface area contributed by atoms with E-state index >= 15 is 0 Å². The van der Waals surface area contributed by atoms with Crippen LogP contribution in [0.4, 0.5) is 5.69 Å². The first kappa shape index (κ1) is 22.4. The number of imide groups is 1. The highest BCUT2D eigenvalue weighted by molar-refractivity contribution is 7.12. The van der Waals surface area contributed by atoms with E-state index in [1.54, 1.807) is 37.3 Å². The molecule has 4 heterocycles. The summed E-state index contributed by atoms with van der Waals surface area (Å²) in [5.74, 6) is -2.89. The van der Waals surface area contributed by atoms with Gasteiger partial charge in [0.15, 0.2) is 5.78 Å². The summed E-state index contributed by atoms with van der Waals surface area (Å²) in [6.07, 6.45) is 3.78. The average Bonchev–Trinajstić information content (AvgIpc) is 3.60. The largest absolute Gasteiger partial charge is 0.462 e. The smallest absolute Gasteiger partial charge is 0.338 e. The number of hydrogen-bond donors (Lipinski definition) is 0. The second-order valence-electron chi connectivity index (χ2n) is 8.95. The van der Waals surface area contributed by atoms with Gasteiger partial charge in [0.05, 0.1) is 40.6 Å². The van der Waals surface area contributed by atoms with E-state index in [-0.39, 0.29) is 18.3 Å². The molecular weight excluding hydrogens is 476 g/mol. The Balaban J connectivity index is 1.42. The predicted molar refractivity (Wildman–Crippen MR) is 134 cm³/mol. The molecule has 0 radical (unpaired) electrons. The first-order valence-electron chi connectivity index (χ1n) is 11.8. The van der Waals surface area contributed by atoms with Crippen LogP contribution >= 0.6 is 11.3 Å². The zero-order valence-corrected chi connectivity index (χ0v) is 20.2. The maximum Gasteiger partial charge on any atom is 0.338 e. The molecule has 1 aromatic heterocycles. The normalized spacial score (nSPS) is 23.9. The van der Waals surface area contributed by atoms with Gasteiger partial charge in [-0.1, -0.05) is 30.3 Å². The Kier molecular flexibility index (Phi) is 5.34. The van der Waals surface area contributed by atoms with Crippen molar-refractivity contribution in [3.05, 3.63) is 93.8 Å². The molecule has 3 aromatic rings. The Morgan fingerprint density at radius 1 is 0.944 bits per heavy atom. The van der Waals surface area contributed by atoms with Gasteiger partial charge in [-0.25, -0.2) is 9.69 Å². The number of benzene rings is 2. The molecule has 4 unspecified atom stereocenters. The van der Waals surface area contributed by atoms with Crippen LogP contribution < -0.4 is 4.90 Å². The van der Waals surface area contributed by atoms with Crippen LogP contribution in [0, 0.1) is 11.8 Å². The summed E-state index contributed by atoms with van der Waals surface area (Å²) < 4.78 is 5.03. The summed E-state index contributed by atoms with van der Waals surface area (Å²) in [6.45, 7) is 1.98. The van der Waals surface area contributed by atoms with Crippen molar-refractivity contribution in [2.45, 2.75) is 19.0 Å². The Labute approximate surface area is 211 Å².